The highest BCUT2D eigenvalue weighted by Crippen LogP contribution is 2.33. The van der Waals surface area contributed by atoms with Gasteiger partial charge in [0.25, 0.3) is 0 Å². The summed E-state index contributed by atoms with van der Waals surface area (Å²) in [6.45, 7) is 0. The van der Waals surface area contributed by atoms with Crippen LogP contribution < -0.4 is 9.47 Å². The fourth-order valence-corrected chi connectivity index (χ4v) is 2.01. The molecule has 7 heteroatoms. The van der Waals surface area contributed by atoms with Crippen molar-refractivity contribution >= 4 is 5.97 Å². The molecule has 2 aromatic rings. The molecule has 0 amide bonds. The van der Waals surface area contributed by atoms with Crippen molar-refractivity contribution < 1.29 is 32.2 Å². The second-order valence-electron chi connectivity index (χ2n) is 4.48. The van der Waals surface area contributed by atoms with Crippen LogP contribution in [0.3, 0.4) is 0 Å². The van der Waals surface area contributed by atoms with Crippen LogP contribution in [-0.4, -0.2) is 26.6 Å². The van der Waals surface area contributed by atoms with Crippen LogP contribution in [0.2, 0.25) is 0 Å². The molecular weight excluding hydrogens is 313 g/mol. The molecule has 0 atom stereocenters. The summed E-state index contributed by atoms with van der Waals surface area (Å²) in [5, 5.41) is 0. The highest BCUT2D eigenvalue weighted by atomic mass is 19.4. The standard InChI is InChI=1S/C16H13F3O4/c1-21-14-9-11(15(20)22-2)5-8-13(14)10-3-6-12(7-4-10)23-16(17,18)19/h3-9H,1-2H3. The zero-order chi connectivity index (χ0) is 17.0. The van der Waals surface area contributed by atoms with Crippen molar-refractivity contribution in [2.24, 2.45) is 0 Å². The molecule has 0 aliphatic rings. The molecule has 0 saturated heterocycles. The summed E-state index contributed by atoms with van der Waals surface area (Å²) in [5.41, 5.74) is 1.55. The van der Waals surface area contributed by atoms with Gasteiger partial charge in [-0.1, -0.05) is 12.1 Å². The number of alkyl halides is 3. The van der Waals surface area contributed by atoms with Crippen molar-refractivity contribution in [3.63, 3.8) is 0 Å². The molecule has 0 unspecified atom stereocenters. The number of hydrogen-bond donors (Lipinski definition) is 0. The van der Waals surface area contributed by atoms with Gasteiger partial charge in [0, 0.05) is 5.56 Å². The minimum absolute atomic E-state index is 0.310. The molecule has 0 spiro atoms. The number of ether oxygens (including phenoxy) is 3. The normalized spacial score (nSPS) is 11.0. The summed E-state index contributed by atoms with van der Waals surface area (Å²) in [6.07, 6.45) is -4.73. The van der Waals surface area contributed by atoms with Gasteiger partial charge in [0.05, 0.1) is 19.8 Å². The van der Waals surface area contributed by atoms with Gasteiger partial charge in [-0.25, -0.2) is 4.79 Å². The first-order chi connectivity index (χ1) is 10.8. The second-order valence-corrected chi connectivity index (χ2v) is 4.48. The first-order valence-electron chi connectivity index (χ1n) is 6.46. The molecule has 23 heavy (non-hydrogen) atoms. The van der Waals surface area contributed by atoms with E-state index in [-0.39, 0.29) is 5.75 Å². The van der Waals surface area contributed by atoms with Crippen LogP contribution in [0.15, 0.2) is 42.5 Å². The number of halogens is 3. The first kappa shape index (κ1) is 16.7. The second kappa shape index (κ2) is 6.60. The van der Waals surface area contributed by atoms with E-state index in [1.165, 1.54) is 44.6 Å². The zero-order valence-corrected chi connectivity index (χ0v) is 12.3. The Bertz CT molecular complexity index is 693. The van der Waals surface area contributed by atoms with E-state index in [2.05, 4.69) is 9.47 Å². The van der Waals surface area contributed by atoms with Gasteiger partial charge >= 0.3 is 12.3 Å². The minimum atomic E-state index is -4.73. The molecule has 0 aliphatic carbocycles. The Morgan fingerprint density at radius 2 is 1.65 bits per heavy atom. The van der Waals surface area contributed by atoms with Crippen molar-refractivity contribution in [2.45, 2.75) is 6.36 Å². The average molecular weight is 326 g/mol. The third-order valence-corrected chi connectivity index (χ3v) is 3.02. The van der Waals surface area contributed by atoms with Crippen molar-refractivity contribution in [3.8, 4) is 22.6 Å². The Kier molecular flexibility index (Phi) is 4.78. The van der Waals surface area contributed by atoms with E-state index in [1.54, 1.807) is 12.1 Å². The molecule has 0 heterocycles. The Hall–Kier alpha value is -2.70. The van der Waals surface area contributed by atoms with Gasteiger partial charge in [0.2, 0.25) is 0 Å². The van der Waals surface area contributed by atoms with E-state index in [4.69, 9.17) is 4.74 Å². The van der Waals surface area contributed by atoms with E-state index < -0.39 is 12.3 Å². The van der Waals surface area contributed by atoms with Gasteiger partial charge < -0.3 is 14.2 Å². The molecule has 0 fully saturated rings. The SMILES string of the molecule is COC(=O)c1ccc(-c2ccc(OC(F)(F)F)cc2)c(OC)c1. The summed E-state index contributed by atoms with van der Waals surface area (Å²) in [6, 6.07) is 10.0. The molecule has 4 nitrogen and oxygen atoms in total. The van der Waals surface area contributed by atoms with Crippen LogP contribution in [0.5, 0.6) is 11.5 Å². The van der Waals surface area contributed by atoms with Crippen LogP contribution in [-0.2, 0) is 4.74 Å². The highest BCUT2D eigenvalue weighted by Gasteiger charge is 2.31. The summed E-state index contributed by atoms with van der Waals surface area (Å²) in [4.78, 5) is 11.5. The van der Waals surface area contributed by atoms with Crippen molar-refractivity contribution in [1.82, 2.24) is 0 Å². The highest BCUT2D eigenvalue weighted by molar-refractivity contribution is 5.91. The topological polar surface area (TPSA) is 44.8 Å². The number of rotatable bonds is 4. The van der Waals surface area contributed by atoms with Gasteiger partial charge in [0.1, 0.15) is 11.5 Å². The Morgan fingerprint density at radius 3 is 2.17 bits per heavy atom. The Morgan fingerprint density at radius 1 is 1.00 bits per heavy atom. The van der Waals surface area contributed by atoms with Gasteiger partial charge in [-0.15, -0.1) is 13.2 Å². The lowest BCUT2D eigenvalue weighted by atomic mass is 10.0. The summed E-state index contributed by atoms with van der Waals surface area (Å²) in [7, 11) is 2.70. The lowest BCUT2D eigenvalue weighted by Gasteiger charge is -2.12. The quantitative estimate of drug-likeness (QED) is 0.795. The predicted molar refractivity (Wildman–Crippen MR) is 76.5 cm³/mol. The summed E-state index contributed by atoms with van der Waals surface area (Å²) < 4.78 is 50.1. The van der Waals surface area contributed by atoms with Crippen LogP contribution in [0.1, 0.15) is 10.4 Å². The molecule has 0 aromatic heterocycles. The van der Waals surface area contributed by atoms with Crippen molar-refractivity contribution in [2.75, 3.05) is 14.2 Å². The number of methoxy groups -OCH3 is 2. The maximum absolute atomic E-state index is 12.2. The maximum Gasteiger partial charge on any atom is 0.573 e. The average Bonchev–Trinajstić information content (AvgIpc) is 2.53. The van der Waals surface area contributed by atoms with E-state index in [1.807, 2.05) is 0 Å². The molecule has 0 saturated carbocycles. The molecule has 0 bridgehead atoms. The van der Waals surface area contributed by atoms with Crippen LogP contribution >= 0.6 is 0 Å². The molecular formula is C16H13F3O4. The molecule has 0 aliphatic heterocycles. The summed E-state index contributed by atoms with van der Waals surface area (Å²) >= 11 is 0. The minimum Gasteiger partial charge on any atom is -0.496 e. The molecule has 0 radical (unpaired) electrons. The number of benzene rings is 2. The lowest BCUT2D eigenvalue weighted by molar-refractivity contribution is -0.274. The fraction of sp³-hybridized carbons (Fsp3) is 0.188. The maximum atomic E-state index is 12.2. The number of carbonyl (C=O) groups is 1. The van der Waals surface area contributed by atoms with E-state index in [0.29, 0.717) is 22.4 Å². The lowest BCUT2D eigenvalue weighted by Crippen LogP contribution is -2.16. The zero-order valence-electron chi connectivity index (χ0n) is 12.3. The monoisotopic (exact) mass is 326 g/mol. The van der Waals surface area contributed by atoms with Gasteiger partial charge in [-0.3, -0.25) is 0 Å². The molecule has 0 N–H and O–H groups in total. The van der Waals surface area contributed by atoms with Gasteiger partial charge in [-0.05, 0) is 35.9 Å². The molecule has 122 valence electrons. The molecule has 2 aromatic carbocycles. The van der Waals surface area contributed by atoms with Crippen LogP contribution in [0, 0.1) is 0 Å². The van der Waals surface area contributed by atoms with Crippen molar-refractivity contribution in [1.29, 1.82) is 0 Å². The largest absolute Gasteiger partial charge is 0.573 e. The number of esters is 1. The number of hydrogen-bond acceptors (Lipinski definition) is 4. The smallest absolute Gasteiger partial charge is 0.496 e. The molecule has 2 rings (SSSR count). The fourth-order valence-electron chi connectivity index (χ4n) is 2.01. The van der Waals surface area contributed by atoms with Crippen molar-refractivity contribution in [3.05, 3.63) is 48.0 Å². The van der Waals surface area contributed by atoms with E-state index >= 15 is 0 Å². The third kappa shape index (κ3) is 4.15. The third-order valence-electron chi connectivity index (χ3n) is 3.02. The first-order valence-corrected chi connectivity index (χ1v) is 6.46. The van der Waals surface area contributed by atoms with E-state index in [9.17, 15) is 18.0 Å². The van der Waals surface area contributed by atoms with Crippen LogP contribution in [0.4, 0.5) is 13.2 Å². The Labute approximate surface area is 130 Å². The van der Waals surface area contributed by atoms with Crippen LogP contribution in [0.25, 0.3) is 11.1 Å². The summed E-state index contributed by atoms with van der Waals surface area (Å²) in [5.74, 6) is -0.424. The van der Waals surface area contributed by atoms with Gasteiger partial charge in [-0.2, -0.15) is 0 Å². The Balaban J connectivity index is 2.32. The predicted octanol–water partition coefficient (Wildman–Crippen LogP) is 4.05. The van der Waals surface area contributed by atoms with Gasteiger partial charge in [0.15, 0.2) is 0 Å². The number of carbonyl (C=O) groups excluding carboxylic acids is 1. The van der Waals surface area contributed by atoms with E-state index in [0.717, 1.165) is 0 Å².